The van der Waals surface area contributed by atoms with E-state index in [1.54, 1.807) is 0 Å². The number of amides is 2. The summed E-state index contributed by atoms with van der Waals surface area (Å²) in [5, 5.41) is 14.2. The number of carbonyl (C=O) groups is 3. The molecule has 32 heavy (non-hydrogen) atoms. The molecule has 1 aliphatic carbocycles. The summed E-state index contributed by atoms with van der Waals surface area (Å²) in [5.74, 6) is -1.56. The molecule has 0 radical (unpaired) electrons. The summed E-state index contributed by atoms with van der Waals surface area (Å²) in [6, 6.07) is 15.2. The lowest BCUT2D eigenvalue weighted by Gasteiger charge is -2.15. The van der Waals surface area contributed by atoms with E-state index >= 15 is 0 Å². The Labute approximate surface area is 187 Å². The van der Waals surface area contributed by atoms with Crippen LogP contribution >= 0.6 is 0 Å². The largest absolute Gasteiger partial charge is 0.480 e. The van der Waals surface area contributed by atoms with E-state index in [-0.39, 0.29) is 25.5 Å². The highest BCUT2D eigenvalue weighted by atomic mass is 16.5. The van der Waals surface area contributed by atoms with Crippen LogP contribution in [-0.4, -0.2) is 48.8 Å². The third-order valence-corrected chi connectivity index (χ3v) is 5.55. The Morgan fingerprint density at radius 1 is 1.00 bits per heavy atom. The second kappa shape index (κ2) is 11.3. The fourth-order valence-electron chi connectivity index (χ4n) is 3.94. The highest BCUT2D eigenvalue weighted by Gasteiger charge is 2.29. The lowest BCUT2D eigenvalue weighted by molar-refractivity contribution is -0.142. The van der Waals surface area contributed by atoms with Crippen LogP contribution in [0.25, 0.3) is 11.1 Å². The number of carbonyl (C=O) groups excluding carboxylic acids is 2. The van der Waals surface area contributed by atoms with Crippen LogP contribution in [-0.2, 0) is 14.3 Å². The first-order valence-electron chi connectivity index (χ1n) is 10.8. The van der Waals surface area contributed by atoms with Gasteiger partial charge in [0.2, 0.25) is 5.91 Å². The summed E-state index contributed by atoms with van der Waals surface area (Å²) in [5.41, 5.74) is 9.95. The van der Waals surface area contributed by atoms with Crippen LogP contribution in [0.15, 0.2) is 48.5 Å². The monoisotopic (exact) mass is 439 g/mol. The molecule has 0 saturated carbocycles. The van der Waals surface area contributed by atoms with Gasteiger partial charge in [0.25, 0.3) is 0 Å². The Bertz CT molecular complexity index is 917. The molecular formula is C24H29N3O5. The second-order valence-electron chi connectivity index (χ2n) is 7.75. The maximum atomic E-state index is 12.1. The lowest BCUT2D eigenvalue weighted by atomic mass is 9.98. The van der Waals surface area contributed by atoms with Gasteiger partial charge in [-0.2, -0.15) is 0 Å². The zero-order valence-corrected chi connectivity index (χ0v) is 17.9. The Hall–Kier alpha value is -3.39. The van der Waals surface area contributed by atoms with Gasteiger partial charge in [0, 0.05) is 18.9 Å². The van der Waals surface area contributed by atoms with E-state index in [1.807, 2.05) is 36.4 Å². The van der Waals surface area contributed by atoms with Crippen molar-refractivity contribution in [3.8, 4) is 11.1 Å². The van der Waals surface area contributed by atoms with Gasteiger partial charge < -0.3 is 26.2 Å². The Kier molecular flexibility index (Phi) is 8.21. The lowest BCUT2D eigenvalue weighted by Crippen LogP contribution is -2.42. The number of fused-ring (bicyclic) bond motifs is 3. The first-order chi connectivity index (χ1) is 15.5. The molecule has 1 aliphatic rings. The minimum Gasteiger partial charge on any atom is -0.480 e. The molecule has 0 unspecified atom stereocenters. The predicted molar refractivity (Wildman–Crippen MR) is 120 cm³/mol. The van der Waals surface area contributed by atoms with Crippen LogP contribution in [0.5, 0.6) is 0 Å². The number of aliphatic carboxylic acids is 1. The molecular weight excluding hydrogens is 410 g/mol. The maximum Gasteiger partial charge on any atom is 0.407 e. The van der Waals surface area contributed by atoms with Crippen molar-refractivity contribution in [2.45, 2.75) is 37.6 Å². The van der Waals surface area contributed by atoms with Crippen molar-refractivity contribution in [2.75, 3.05) is 19.7 Å². The van der Waals surface area contributed by atoms with Crippen molar-refractivity contribution < 1.29 is 24.2 Å². The minimum atomic E-state index is -1.08. The molecule has 0 fully saturated rings. The van der Waals surface area contributed by atoms with E-state index in [2.05, 4.69) is 22.8 Å². The van der Waals surface area contributed by atoms with Crippen LogP contribution < -0.4 is 16.4 Å². The standard InChI is InChI=1S/C24H29N3O5/c25-13-6-5-11-21(23(29)30)27-22(28)12-14-26-24(31)32-15-20-18-9-3-1-7-16(18)17-8-2-4-10-19(17)20/h1-4,7-10,20-21H,5-6,11-15,25H2,(H,26,31)(H,27,28)(H,29,30)/t21-/m0/s1. The molecule has 0 spiro atoms. The van der Waals surface area contributed by atoms with Gasteiger partial charge in [-0.05, 0) is 48.1 Å². The highest BCUT2D eigenvalue weighted by Crippen LogP contribution is 2.44. The molecule has 0 saturated heterocycles. The number of hydrogen-bond donors (Lipinski definition) is 4. The van der Waals surface area contributed by atoms with Crippen molar-refractivity contribution in [3.63, 3.8) is 0 Å². The van der Waals surface area contributed by atoms with Gasteiger partial charge in [0.05, 0.1) is 0 Å². The van der Waals surface area contributed by atoms with Crippen LogP contribution in [0.1, 0.15) is 42.7 Å². The van der Waals surface area contributed by atoms with E-state index in [4.69, 9.17) is 10.5 Å². The molecule has 3 rings (SSSR count). The number of carboxylic acids is 1. The fraction of sp³-hybridized carbons (Fsp3) is 0.375. The fourth-order valence-corrected chi connectivity index (χ4v) is 3.94. The molecule has 8 nitrogen and oxygen atoms in total. The average Bonchev–Trinajstić information content (AvgIpc) is 3.11. The predicted octanol–water partition coefficient (Wildman–Crippen LogP) is 2.61. The Balaban J connectivity index is 1.44. The van der Waals surface area contributed by atoms with Crippen molar-refractivity contribution in [2.24, 2.45) is 5.73 Å². The molecule has 2 amide bonds. The number of unbranched alkanes of at least 4 members (excludes halogenated alkanes) is 1. The number of ether oxygens (including phenoxy) is 1. The summed E-state index contributed by atoms with van der Waals surface area (Å²) in [7, 11) is 0. The van der Waals surface area contributed by atoms with E-state index < -0.39 is 24.0 Å². The second-order valence-corrected chi connectivity index (χ2v) is 7.75. The molecule has 170 valence electrons. The number of nitrogens with two attached hydrogens (primary N) is 1. The molecule has 0 heterocycles. The smallest absolute Gasteiger partial charge is 0.407 e. The zero-order chi connectivity index (χ0) is 22.9. The van der Waals surface area contributed by atoms with Gasteiger partial charge >= 0.3 is 12.1 Å². The molecule has 5 N–H and O–H groups in total. The van der Waals surface area contributed by atoms with Crippen LogP contribution in [0.3, 0.4) is 0 Å². The minimum absolute atomic E-state index is 0.0368. The van der Waals surface area contributed by atoms with Crippen LogP contribution in [0.2, 0.25) is 0 Å². The SMILES string of the molecule is NCCCC[C@H](NC(=O)CCNC(=O)OCC1c2ccccc2-c2ccccc21)C(=O)O. The third kappa shape index (κ3) is 5.85. The highest BCUT2D eigenvalue weighted by molar-refractivity contribution is 5.84. The maximum absolute atomic E-state index is 12.1. The number of hydrogen-bond acceptors (Lipinski definition) is 5. The summed E-state index contributed by atoms with van der Waals surface area (Å²) in [4.78, 5) is 35.4. The Morgan fingerprint density at radius 2 is 1.62 bits per heavy atom. The number of benzene rings is 2. The van der Waals surface area contributed by atoms with E-state index in [0.717, 1.165) is 22.3 Å². The summed E-state index contributed by atoms with van der Waals surface area (Å²) >= 11 is 0. The zero-order valence-electron chi connectivity index (χ0n) is 17.9. The van der Waals surface area contributed by atoms with Gasteiger partial charge in [0.15, 0.2) is 0 Å². The van der Waals surface area contributed by atoms with Crippen molar-refractivity contribution in [3.05, 3.63) is 59.7 Å². The van der Waals surface area contributed by atoms with Gasteiger partial charge in [-0.3, -0.25) is 4.79 Å². The molecule has 2 aromatic rings. The quantitative estimate of drug-likeness (QED) is 0.398. The average molecular weight is 440 g/mol. The number of nitrogens with one attached hydrogen (secondary N) is 2. The van der Waals surface area contributed by atoms with Gasteiger partial charge in [-0.1, -0.05) is 48.5 Å². The molecule has 0 aromatic heterocycles. The molecule has 0 bridgehead atoms. The van der Waals surface area contributed by atoms with Gasteiger partial charge in [-0.15, -0.1) is 0 Å². The van der Waals surface area contributed by atoms with E-state index in [9.17, 15) is 19.5 Å². The van der Waals surface area contributed by atoms with E-state index in [1.165, 1.54) is 0 Å². The third-order valence-electron chi connectivity index (χ3n) is 5.55. The molecule has 2 aromatic carbocycles. The molecule has 0 aliphatic heterocycles. The number of carboxylic acid groups (broad SMARTS) is 1. The molecule has 1 atom stereocenters. The summed E-state index contributed by atoms with van der Waals surface area (Å²) < 4.78 is 5.42. The van der Waals surface area contributed by atoms with Gasteiger partial charge in [0.1, 0.15) is 12.6 Å². The van der Waals surface area contributed by atoms with Crippen molar-refractivity contribution in [1.82, 2.24) is 10.6 Å². The van der Waals surface area contributed by atoms with E-state index in [0.29, 0.717) is 25.8 Å². The first-order valence-corrected chi connectivity index (χ1v) is 10.8. The summed E-state index contributed by atoms with van der Waals surface area (Å²) in [6.45, 7) is 0.719. The normalized spacial score (nSPS) is 13.0. The summed E-state index contributed by atoms with van der Waals surface area (Å²) in [6.07, 6.45) is 0.981. The van der Waals surface area contributed by atoms with Crippen molar-refractivity contribution >= 4 is 18.0 Å². The molecule has 8 heteroatoms. The van der Waals surface area contributed by atoms with Crippen LogP contribution in [0.4, 0.5) is 4.79 Å². The number of rotatable bonds is 11. The van der Waals surface area contributed by atoms with Crippen LogP contribution in [0, 0.1) is 0 Å². The Morgan fingerprint density at radius 3 is 2.22 bits per heavy atom. The topological polar surface area (TPSA) is 131 Å². The first kappa shape index (κ1) is 23.3. The van der Waals surface area contributed by atoms with Crippen molar-refractivity contribution in [1.29, 1.82) is 0 Å². The van der Waals surface area contributed by atoms with Gasteiger partial charge in [-0.25, -0.2) is 9.59 Å². The number of alkyl carbamates (subject to hydrolysis) is 1.